The van der Waals surface area contributed by atoms with Crippen LogP contribution in [0.1, 0.15) is 202 Å². The number of carbonyl (C=O) groups excluding carboxylic acids is 1. The molecule has 8 nitrogen and oxygen atoms in total. The Labute approximate surface area is 406 Å². The molecule has 4 aliphatic carbocycles. The fourth-order valence-corrected chi connectivity index (χ4v) is 13.5. The van der Waals surface area contributed by atoms with Gasteiger partial charge in [-0.2, -0.15) is 0 Å². The van der Waals surface area contributed by atoms with Crippen LogP contribution >= 0.6 is 0 Å². The maximum absolute atomic E-state index is 12.7. The minimum absolute atomic E-state index is 0.00387. The summed E-state index contributed by atoms with van der Waals surface area (Å²) >= 11 is 0. The highest BCUT2D eigenvalue weighted by molar-refractivity contribution is 5.70. The molecule has 1 aliphatic heterocycles. The van der Waals surface area contributed by atoms with Crippen molar-refractivity contribution >= 4 is 5.97 Å². The zero-order valence-electron chi connectivity index (χ0n) is 43.8. The molecule has 382 valence electrons. The van der Waals surface area contributed by atoms with Gasteiger partial charge in [0.25, 0.3) is 0 Å². The fraction of sp³-hybridized carbons (Fsp3) is 0.914. The lowest BCUT2D eigenvalue weighted by Gasteiger charge is -2.58. The average molecular weight is 926 g/mol. The van der Waals surface area contributed by atoms with Gasteiger partial charge in [0.05, 0.1) is 51.8 Å². The van der Waals surface area contributed by atoms with Crippen molar-refractivity contribution in [2.24, 2.45) is 46.3 Å². The molecule has 0 bridgehead atoms. The van der Waals surface area contributed by atoms with E-state index in [1.165, 1.54) is 141 Å². The van der Waals surface area contributed by atoms with Gasteiger partial charge in [0.1, 0.15) is 13.2 Å². The summed E-state index contributed by atoms with van der Waals surface area (Å²) < 4.78 is 35.5. The Balaban J connectivity index is 0.886. The lowest BCUT2D eigenvalue weighted by molar-refractivity contribution is -0.153. The second-order valence-electron chi connectivity index (χ2n) is 22.7. The zero-order valence-corrected chi connectivity index (χ0v) is 43.8. The maximum Gasteiger partial charge on any atom is 0.332 e. The highest BCUT2D eigenvalue weighted by Gasteiger charge is 2.59. The normalized spacial score (nSPS) is 28.8. The molecule has 0 N–H and O–H groups in total. The van der Waals surface area contributed by atoms with Crippen LogP contribution in [0, 0.1) is 46.3 Å². The first-order valence-electron chi connectivity index (χ1n) is 28.3. The summed E-state index contributed by atoms with van der Waals surface area (Å²) in [5.41, 5.74) is 2.41. The predicted octanol–water partition coefficient (Wildman–Crippen LogP) is 13.7. The molecule has 0 amide bonds. The molecule has 1 heterocycles. The van der Waals surface area contributed by atoms with Gasteiger partial charge in [-0.1, -0.05) is 142 Å². The Morgan fingerprint density at radius 1 is 0.773 bits per heavy atom. The molecule has 5 aliphatic rings. The van der Waals surface area contributed by atoms with E-state index in [9.17, 15) is 4.79 Å². The molecular formula is C58H103NO7. The van der Waals surface area contributed by atoms with E-state index >= 15 is 0 Å². The molecule has 1 saturated heterocycles. The Morgan fingerprint density at radius 2 is 1.48 bits per heavy atom. The first-order chi connectivity index (χ1) is 32.1. The van der Waals surface area contributed by atoms with Gasteiger partial charge in [-0.05, 0) is 130 Å². The SMILES string of the molecule is CCCCCCCC/C=C\CCCCCCCCOCC(CN1CCOCC1)OCCOCCOC(=O)COC1CCC2(C)C(=CCC3[C@@H]2CCC2(C)[C@H](C(C)CCCC(C)C)CC[C@@H]32)C1. The molecule has 3 saturated carbocycles. The number of hydrogen-bond donors (Lipinski definition) is 0. The van der Waals surface area contributed by atoms with E-state index in [-0.39, 0.29) is 36.8 Å². The Hall–Kier alpha value is -1.29. The van der Waals surface area contributed by atoms with Crippen LogP contribution in [0.15, 0.2) is 23.8 Å². The summed E-state index contributed by atoms with van der Waals surface area (Å²) in [4.78, 5) is 15.1. The number of allylic oxidation sites excluding steroid dienone is 3. The zero-order chi connectivity index (χ0) is 46.9. The summed E-state index contributed by atoms with van der Waals surface area (Å²) in [5, 5.41) is 0. The van der Waals surface area contributed by atoms with Crippen LogP contribution in [0.25, 0.3) is 0 Å². The van der Waals surface area contributed by atoms with Gasteiger partial charge < -0.3 is 28.4 Å². The van der Waals surface area contributed by atoms with E-state index in [4.69, 9.17) is 28.4 Å². The van der Waals surface area contributed by atoms with E-state index < -0.39 is 0 Å². The first kappa shape index (κ1) is 55.6. The number of carbonyl (C=O) groups is 1. The van der Waals surface area contributed by atoms with Crippen LogP contribution in [0.3, 0.4) is 0 Å². The fourth-order valence-electron chi connectivity index (χ4n) is 13.5. The number of nitrogens with zero attached hydrogens (tertiary/aromatic N) is 1. The van der Waals surface area contributed by atoms with E-state index in [1.807, 2.05) is 0 Å². The quantitative estimate of drug-likeness (QED) is 0.0353. The molecule has 0 aromatic heterocycles. The van der Waals surface area contributed by atoms with E-state index in [0.717, 1.165) is 94.2 Å². The summed E-state index contributed by atoms with van der Waals surface area (Å²) in [5.74, 6) is 4.77. The van der Waals surface area contributed by atoms with Crippen LogP contribution in [0.2, 0.25) is 0 Å². The third kappa shape index (κ3) is 18.5. The molecule has 0 aromatic rings. The van der Waals surface area contributed by atoms with Gasteiger partial charge in [0.2, 0.25) is 0 Å². The van der Waals surface area contributed by atoms with Gasteiger partial charge in [0, 0.05) is 26.2 Å². The number of fused-ring (bicyclic) bond motifs is 5. The van der Waals surface area contributed by atoms with Crippen molar-refractivity contribution in [1.82, 2.24) is 4.90 Å². The average Bonchev–Trinajstić information content (AvgIpc) is 3.67. The van der Waals surface area contributed by atoms with Crippen molar-refractivity contribution < 1.29 is 33.2 Å². The molecular weight excluding hydrogens is 823 g/mol. The van der Waals surface area contributed by atoms with Crippen molar-refractivity contribution in [3.8, 4) is 0 Å². The second kappa shape index (κ2) is 31.1. The van der Waals surface area contributed by atoms with Crippen molar-refractivity contribution in [2.45, 2.75) is 214 Å². The third-order valence-corrected chi connectivity index (χ3v) is 17.4. The van der Waals surface area contributed by atoms with Crippen molar-refractivity contribution in [3.05, 3.63) is 23.8 Å². The maximum atomic E-state index is 12.7. The number of ether oxygens (including phenoxy) is 6. The minimum atomic E-state index is -0.300. The van der Waals surface area contributed by atoms with Crippen LogP contribution < -0.4 is 0 Å². The predicted molar refractivity (Wildman–Crippen MR) is 272 cm³/mol. The molecule has 0 radical (unpaired) electrons. The van der Waals surface area contributed by atoms with Gasteiger partial charge in [-0.25, -0.2) is 4.79 Å². The van der Waals surface area contributed by atoms with E-state index in [0.29, 0.717) is 31.8 Å². The summed E-state index contributed by atoms with van der Waals surface area (Å²) in [7, 11) is 0. The number of morpholine rings is 1. The van der Waals surface area contributed by atoms with E-state index in [1.54, 1.807) is 5.57 Å². The van der Waals surface area contributed by atoms with Crippen molar-refractivity contribution in [2.75, 3.05) is 79.1 Å². The number of unbranched alkanes of at least 4 members (excludes halogenated alkanes) is 12. The molecule has 0 aromatic carbocycles. The van der Waals surface area contributed by atoms with E-state index in [2.05, 4.69) is 64.7 Å². The molecule has 9 atom stereocenters. The topological polar surface area (TPSA) is 75.7 Å². The van der Waals surface area contributed by atoms with Crippen LogP contribution in [0.4, 0.5) is 0 Å². The lowest BCUT2D eigenvalue weighted by atomic mass is 9.47. The van der Waals surface area contributed by atoms with Gasteiger partial charge >= 0.3 is 5.97 Å². The van der Waals surface area contributed by atoms with Crippen LogP contribution in [0.5, 0.6) is 0 Å². The lowest BCUT2D eigenvalue weighted by Crippen LogP contribution is -2.51. The number of hydrogen-bond acceptors (Lipinski definition) is 8. The number of esters is 1. The highest BCUT2D eigenvalue weighted by Crippen LogP contribution is 2.67. The third-order valence-electron chi connectivity index (χ3n) is 17.4. The Bertz CT molecular complexity index is 1360. The van der Waals surface area contributed by atoms with Crippen LogP contribution in [-0.2, 0) is 33.2 Å². The van der Waals surface area contributed by atoms with Gasteiger partial charge in [0.15, 0.2) is 0 Å². The molecule has 4 fully saturated rings. The molecule has 0 spiro atoms. The molecule has 5 rings (SSSR count). The molecule has 66 heavy (non-hydrogen) atoms. The van der Waals surface area contributed by atoms with Crippen molar-refractivity contribution in [3.63, 3.8) is 0 Å². The minimum Gasteiger partial charge on any atom is -0.462 e. The van der Waals surface area contributed by atoms with Gasteiger partial charge in [-0.3, -0.25) is 4.90 Å². The number of rotatable bonds is 35. The largest absolute Gasteiger partial charge is 0.462 e. The first-order valence-corrected chi connectivity index (χ1v) is 28.3. The Kier molecular flexibility index (Phi) is 26.2. The Morgan fingerprint density at radius 3 is 2.23 bits per heavy atom. The highest BCUT2D eigenvalue weighted by atomic mass is 16.6. The monoisotopic (exact) mass is 926 g/mol. The summed E-state index contributed by atoms with van der Waals surface area (Å²) in [6.07, 6.45) is 40.1. The smallest absolute Gasteiger partial charge is 0.332 e. The second-order valence-corrected chi connectivity index (χ2v) is 22.7. The standard InChI is InChI=1S/C58H103NO7/c1-7-8-9-10-11-12-13-14-15-16-17-18-19-20-21-22-36-63-45-51(44-59-34-37-61-38-35-59)64-41-39-62-40-42-65-56(60)46-66-50-30-32-57(5)49(43-50)26-27-52-54-29-28-53(48(4)25-23-24-47(2)3)58(54,6)33-31-55(52)57/h14-15,26,47-48,50-55H,7-13,16-25,27-46H2,1-6H3/b15-14-/t48?,50?,51?,52?,53-,54-,55-,57?,58?/m0/s1. The summed E-state index contributed by atoms with van der Waals surface area (Å²) in [6, 6.07) is 0. The molecule has 6 unspecified atom stereocenters. The van der Waals surface area contributed by atoms with Crippen LogP contribution in [-0.4, -0.2) is 102 Å². The van der Waals surface area contributed by atoms with Gasteiger partial charge in [-0.15, -0.1) is 0 Å². The van der Waals surface area contributed by atoms with Crippen molar-refractivity contribution in [1.29, 1.82) is 0 Å². The summed E-state index contributed by atoms with van der Waals surface area (Å²) in [6.45, 7) is 22.0. The molecule has 8 heteroatoms.